The number of aromatic nitrogens is 1. The summed E-state index contributed by atoms with van der Waals surface area (Å²) in [5, 5.41) is 3.71. The molecule has 11 heavy (non-hydrogen) atoms. The first-order chi connectivity index (χ1) is 5.24. The average Bonchev–Trinajstić information content (AvgIpc) is 1.98. The van der Waals surface area contributed by atoms with Crippen molar-refractivity contribution in [1.82, 2.24) is 4.98 Å². The highest BCUT2D eigenvalue weighted by molar-refractivity contribution is 14.1. The fraction of sp³-hybridized carbons (Fsp3) is 0.286. The monoisotopic (exact) mass is 282 g/mol. The first-order valence-electron chi connectivity index (χ1n) is 3.29. The van der Waals surface area contributed by atoms with Crippen molar-refractivity contribution in [2.24, 2.45) is 0 Å². The Morgan fingerprint density at radius 2 is 2.45 bits per heavy atom. The molecule has 1 aromatic heterocycles. The molecule has 0 spiro atoms. The van der Waals surface area contributed by atoms with Gasteiger partial charge in [-0.05, 0) is 35.6 Å². The molecular weight excluding hydrogens is 274 g/mol. The van der Waals surface area contributed by atoms with E-state index in [1.54, 1.807) is 6.20 Å². The number of hydrogen-bond donors (Lipinski definition) is 1. The van der Waals surface area contributed by atoms with Crippen LogP contribution in [0.2, 0.25) is 5.15 Å². The first kappa shape index (κ1) is 9.06. The molecule has 0 aliphatic heterocycles. The number of hydrogen-bond acceptors (Lipinski definition) is 2. The van der Waals surface area contributed by atoms with Crippen LogP contribution in [-0.2, 0) is 0 Å². The summed E-state index contributed by atoms with van der Waals surface area (Å²) in [5.74, 6) is 0. The molecule has 1 aromatic rings. The van der Waals surface area contributed by atoms with Crippen LogP contribution in [0.15, 0.2) is 12.3 Å². The normalized spacial score (nSPS) is 9.73. The molecule has 0 bridgehead atoms. The van der Waals surface area contributed by atoms with Crippen molar-refractivity contribution in [3.8, 4) is 0 Å². The van der Waals surface area contributed by atoms with E-state index < -0.39 is 0 Å². The molecule has 4 heteroatoms. The molecule has 0 saturated heterocycles. The van der Waals surface area contributed by atoms with Gasteiger partial charge in [-0.1, -0.05) is 11.6 Å². The van der Waals surface area contributed by atoms with Gasteiger partial charge in [0.15, 0.2) is 0 Å². The lowest BCUT2D eigenvalue weighted by atomic mass is 10.4. The fourth-order valence-electron chi connectivity index (χ4n) is 0.739. The van der Waals surface area contributed by atoms with E-state index in [0.717, 1.165) is 15.8 Å². The van der Waals surface area contributed by atoms with Gasteiger partial charge in [-0.3, -0.25) is 0 Å². The SMILES string of the molecule is CCNc1cc(Cl)ncc1I. The van der Waals surface area contributed by atoms with Gasteiger partial charge in [-0.25, -0.2) is 4.98 Å². The maximum atomic E-state index is 5.70. The Labute approximate surface area is 84.5 Å². The molecule has 0 atom stereocenters. The highest BCUT2D eigenvalue weighted by Crippen LogP contribution is 2.19. The summed E-state index contributed by atoms with van der Waals surface area (Å²) in [4.78, 5) is 3.94. The fourth-order valence-corrected chi connectivity index (χ4v) is 1.38. The maximum Gasteiger partial charge on any atom is 0.131 e. The smallest absolute Gasteiger partial charge is 0.131 e. The van der Waals surface area contributed by atoms with E-state index >= 15 is 0 Å². The minimum atomic E-state index is 0.529. The first-order valence-corrected chi connectivity index (χ1v) is 4.74. The molecule has 1 rings (SSSR count). The van der Waals surface area contributed by atoms with Crippen molar-refractivity contribution in [3.05, 3.63) is 21.0 Å². The third-order valence-electron chi connectivity index (χ3n) is 1.19. The minimum Gasteiger partial charge on any atom is -0.384 e. The van der Waals surface area contributed by atoms with Crippen molar-refractivity contribution in [2.45, 2.75) is 6.92 Å². The standard InChI is InChI=1S/C7H8ClIN2/c1-2-10-6-3-7(8)11-4-5(6)9/h3-4H,2H2,1H3,(H,10,11). The number of nitrogens with one attached hydrogen (secondary N) is 1. The second-order valence-electron chi connectivity index (χ2n) is 2.02. The van der Waals surface area contributed by atoms with E-state index in [-0.39, 0.29) is 0 Å². The molecule has 0 aliphatic carbocycles. The van der Waals surface area contributed by atoms with Crippen LogP contribution in [0.5, 0.6) is 0 Å². The second kappa shape index (κ2) is 4.11. The van der Waals surface area contributed by atoms with Crippen LogP contribution in [0.4, 0.5) is 5.69 Å². The number of nitrogens with zero attached hydrogens (tertiary/aromatic N) is 1. The van der Waals surface area contributed by atoms with Gasteiger partial charge in [-0.2, -0.15) is 0 Å². The molecule has 0 saturated carbocycles. The number of anilines is 1. The van der Waals surface area contributed by atoms with Crippen LogP contribution in [0.1, 0.15) is 6.92 Å². The summed E-state index contributed by atoms with van der Waals surface area (Å²) >= 11 is 7.91. The molecule has 0 radical (unpaired) electrons. The van der Waals surface area contributed by atoms with Crippen molar-refractivity contribution < 1.29 is 0 Å². The quantitative estimate of drug-likeness (QED) is 0.666. The average molecular weight is 283 g/mol. The largest absolute Gasteiger partial charge is 0.384 e. The molecular formula is C7H8ClIN2. The van der Waals surface area contributed by atoms with Gasteiger partial charge in [0.05, 0.1) is 9.26 Å². The zero-order valence-electron chi connectivity index (χ0n) is 6.06. The van der Waals surface area contributed by atoms with Crippen LogP contribution in [-0.4, -0.2) is 11.5 Å². The van der Waals surface area contributed by atoms with E-state index in [1.165, 1.54) is 0 Å². The van der Waals surface area contributed by atoms with Gasteiger partial charge in [0.1, 0.15) is 5.15 Å². The Hall–Kier alpha value is -0.0300. The molecule has 1 heterocycles. The zero-order chi connectivity index (χ0) is 8.27. The zero-order valence-corrected chi connectivity index (χ0v) is 8.98. The molecule has 2 nitrogen and oxygen atoms in total. The summed E-state index contributed by atoms with van der Waals surface area (Å²) < 4.78 is 1.09. The third-order valence-corrected chi connectivity index (χ3v) is 2.26. The number of halogens is 2. The van der Waals surface area contributed by atoms with Gasteiger partial charge in [0, 0.05) is 12.7 Å². The summed E-state index contributed by atoms with van der Waals surface area (Å²) in [5.41, 5.74) is 1.05. The topological polar surface area (TPSA) is 24.9 Å². The second-order valence-corrected chi connectivity index (χ2v) is 3.57. The lowest BCUT2D eigenvalue weighted by Crippen LogP contribution is -1.98. The van der Waals surface area contributed by atoms with Gasteiger partial charge in [-0.15, -0.1) is 0 Å². The Kier molecular flexibility index (Phi) is 3.39. The van der Waals surface area contributed by atoms with Crippen LogP contribution >= 0.6 is 34.2 Å². The molecule has 0 amide bonds. The van der Waals surface area contributed by atoms with Crippen molar-refractivity contribution in [1.29, 1.82) is 0 Å². The lowest BCUT2D eigenvalue weighted by molar-refractivity contribution is 1.19. The maximum absolute atomic E-state index is 5.70. The summed E-state index contributed by atoms with van der Waals surface area (Å²) in [6, 6.07) is 1.83. The van der Waals surface area contributed by atoms with Crippen molar-refractivity contribution in [2.75, 3.05) is 11.9 Å². The molecule has 60 valence electrons. The highest BCUT2D eigenvalue weighted by Gasteiger charge is 1.98. The summed E-state index contributed by atoms with van der Waals surface area (Å²) in [7, 11) is 0. The Morgan fingerprint density at radius 1 is 1.73 bits per heavy atom. The van der Waals surface area contributed by atoms with Crippen LogP contribution in [0.3, 0.4) is 0 Å². The molecule has 1 N–H and O–H groups in total. The number of rotatable bonds is 2. The predicted molar refractivity (Wildman–Crippen MR) is 56.1 cm³/mol. The van der Waals surface area contributed by atoms with Gasteiger partial charge < -0.3 is 5.32 Å². The van der Waals surface area contributed by atoms with E-state index in [0.29, 0.717) is 5.15 Å². The summed E-state index contributed by atoms with van der Waals surface area (Å²) in [6.07, 6.45) is 1.75. The van der Waals surface area contributed by atoms with Crippen molar-refractivity contribution in [3.63, 3.8) is 0 Å². The highest BCUT2D eigenvalue weighted by atomic mass is 127. The third kappa shape index (κ3) is 2.48. The van der Waals surface area contributed by atoms with Gasteiger partial charge in [0.2, 0.25) is 0 Å². The predicted octanol–water partition coefficient (Wildman–Crippen LogP) is 2.77. The molecule has 0 unspecified atom stereocenters. The van der Waals surface area contributed by atoms with E-state index in [9.17, 15) is 0 Å². The van der Waals surface area contributed by atoms with Crippen LogP contribution in [0, 0.1) is 3.57 Å². The van der Waals surface area contributed by atoms with E-state index in [2.05, 4.69) is 32.9 Å². The van der Waals surface area contributed by atoms with E-state index in [1.807, 2.05) is 13.0 Å². The Morgan fingerprint density at radius 3 is 3.09 bits per heavy atom. The lowest BCUT2D eigenvalue weighted by Gasteiger charge is -2.04. The van der Waals surface area contributed by atoms with Crippen LogP contribution < -0.4 is 5.32 Å². The Balaban J connectivity index is 2.93. The molecule has 0 fully saturated rings. The van der Waals surface area contributed by atoms with Gasteiger partial charge in [0.25, 0.3) is 0 Å². The molecule has 0 aromatic carbocycles. The van der Waals surface area contributed by atoms with Crippen LogP contribution in [0.25, 0.3) is 0 Å². The van der Waals surface area contributed by atoms with Gasteiger partial charge >= 0.3 is 0 Å². The minimum absolute atomic E-state index is 0.529. The van der Waals surface area contributed by atoms with E-state index in [4.69, 9.17) is 11.6 Å². The Bertz CT molecular complexity index is 252. The molecule has 0 aliphatic rings. The van der Waals surface area contributed by atoms with Crippen molar-refractivity contribution >= 4 is 39.9 Å². The summed E-state index contributed by atoms with van der Waals surface area (Å²) in [6.45, 7) is 2.95. The number of pyridine rings is 1.